The van der Waals surface area contributed by atoms with Crippen LogP contribution in [0.5, 0.6) is 5.75 Å². The Morgan fingerprint density at radius 3 is 2.83 bits per heavy atom. The fourth-order valence-electron chi connectivity index (χ4n) is 4.94. The van der Waals surface area contributed by atoms with E-state index in [0.717, 1.165) is 44.8 Å². The van der Waals surface area contributed by atoms with Gasteiger partial charge in [-0.25, -0.2) is 0 Å². The third-order valence-corrected chi connectivity index (χ3v) is 6.01. The topological polar surface area (TPSA) is 102 Å². The summed E-state index contributed by atoms with van der Waals surface area (Å²) in [6, 6.07) is 3.82. The average Bonchev–Trinajstić information content (AvgIpc) is 3.21. The van der Waals surface area contributed by atoms with Crippen molar-refractivity contribution in [3.63, 3.8) is 0 Å². The van der Waals surface area contributed by atoms with E-state index in [9.17, 15) is 20.0 Å². The summed E-state index contributed by atoms with van der Waals surface area (Å²) in [6.07, 6.45) is 5.64. The molecule has 1 aromatic rings. The number of rotatable bonds is 3. The molecule has 4 rings (SSSR count). The van der Waals surface area contributed by atoms with Gasteiger partial charge in [0.25, 0.3) is 5.91 Å². The molecule has 2 saturated carbocycles. The van der Waals surface area contributed by atoms with Gasteiger partial charge >= 0.3 is 5.69 Å². The lowest BCUT2D eigenvalue weighted by Crippen LogP contribution is -2.68. The van der Waals surface area contributed by atoms with Crippen LogP contribution in [-0.2, 0) is 4.74 Å². The van der Waals surface area contributed by atoms with Gasteiger partial charge in [-0.15, -0.1) is 0 Å². The first-order valence-corrected chi connectivity index (χ1v) is 8.43. The molecule has 24 heavy (non-hydrogen) atoms. The third-order valence-electron chi connectivity index (χ3n) is 6.01. The van der Waals surface area contributed by atoms with Crippen LogP contribution in [0.25, 0.3) is 0 Å². The summed E-state index contributed by atoms with van der Waals surface area (Å²) in [4.78, 5) is 22.9. The van der Waals surface area contributed by atoms with E-state index < -0.39 is 16.4 Å². The number of carbonyl (C=O) groups is 1. The highest BCUT2D eigenvalue weighted by molar-refractivity contribution is 5.95. The van der Waals surface area contributed by atoms with Crippen LogP contribution < -0.4 is 5.32 Å². The van der Waals surface area contributed by atoms with Gasteiger partial charge in [-0.1, -0.05) is 12.8 Å². The number of nitro benzene ring substituents is 1. The van der Waals surface area contributed by atoms with Crippen LogP contribution in [-0.4, -0.2) is 34.7 Å². The molecular formula is C17H20N2O5. The van der Waals surface area contributed by atoms with Crippen LogP contribution in [0.1, 0.15) is 42.5 Å². The number of aromatic hydroxyl groups is 1. The molecule has 7 nitrogen and oxygen atoms in total. The smallest absolute Gasteiger partial charge is 0.311 e. The predicted octanol–water partition coefficient (Wildman–Crippen LogP) is 2.38. The first-order chi connectivity index (χ1) is 11.5. The molecule has 0 unspecified atom stereocenters. The fraction of sp³-hybridized carbons (Fsp3) is 0.588. The number of ether oxygens (including phenoxy) is 1. The number of hydrogen-bond acceptors (Lipinski definition) is 5. The van der Waals surface area contributed by atoms with Gasteiger partial charge in [0, 0.05) is 35.6 Å². The largest absolute Gasteiger partial charge is 0.502 e. The Labute approximate surface area is 139 Å². The Balaban J connectivity index is 1.56. The van der Waals surface area contributed by atoms with Crippen LogP contribution in [0.15, 0.2) is 18.2 Å². The number of nitrogens with zero attached hydrogens (tertiary/aromatic N) is 1. The molecule has 1 amide bonds. The summed E-state index contributed by atoms with van der Waals surface area (Å²) in [5.74, 6) is -0.407. The van der Waals surface area contributed by atoms with Crippen LogP contribution in [0.4, 0.5) is 5.69 Å². The van der Waals surface area contributed by atoms with Crippen LogP contribution in [0.2, 0.25) is 0 Å². The summed E-state index contributed by atoms with van der Waals surface area (Å²) >= 11 is 0. The SMILES string of the molecule is O=C(N[C@@H]1[C@H]2CCO[C@@H]2C12CCCC2)c1ccc(O)c([N+](=O)[O-])c1. The molecule has 0 bridgehead atoms. The molecule has 1 heterocycles. The minimum absolute atomic E-state index is 0.0413. The van der Waals surface area contributed by atoms with Gasteiger partial charge in [0.2, 0.25) is 0 Å². The molecule has 1 spiro atoms. The van der Waals surface area contributed by atoms with Crippen LogP contribution in [0.3, 0.4) is 0 Å². The molecule has 7 heteroatoms. The van der Waals surface area contributed by atoms with Crippen molar-refractivity contribution in [2.45, 2.75) is 44.2 Å². The maximum absolute atomic E-state index is 12.6. The number of phenols is 1. The van der Waals surface area contributed by atoms with Gasteiger partial charge in [0.15, 0.2) is 5.75 Å². The quantitative estimate of drug-likeness (QED) is 0.653. The molecule has 3 fully saturated rings. The second-order valence-corrected chi connectivity index (χ2v) is 7.10. The lowest BCUT2D eigenvalue weighted by molar-refractivity contribution is -0.385. The van der Waals surface area contributed by atoms with Gasteiger partial charge in [-0.2, -0.15) is 0 Å². The Morgan fingerprint density at radius 2 is 2.12 bits per heavy atom. The van der Waals surface area contributed by atoms with E-state index in [1.54, 1.807) is 0 Å². The Kier molecular flexibility index (Phi) is 3.49. The molecule has 1 aliphatic heterocycles. The molecule has 2 aliphatic carbocycles. The van der Waals surface area contributed by atoms with E-state index in [4.69, 9.17) is 4.74 Å². The maximum Gasteiger partial charge on any atom is 0.311 e. The average molecular weight is 332 g/mol. The molecule has 1 saturated heterocycles. The van der Waals surface area contributed by atoms with Gasteiger partial charge in [-0.3, -0.25) is 14.9 Å². The number of amides is 1. The summed E-state index contributed by atoms with van der Waals surface area (Å²) < 4.78 is 5.90. The van der Waals surface area contributed by atoms with Crippen molar-refractivity contribution in [1.29, 1.82) is 0 Å². The highest BCUT2D eigenvalue weighted by Crippen LogP contribution is 2.60. The van der Waals surface area contributed by atoms with E-state index in [-0.39, 0.29) is 29.0 Å². The lowest BCUT2D eigenvalue weighted by atomic mass is 9.54. The van der Waals surface area contributed by atoms with Crippen molar-refractivity contribution in [3.05, 3.63) is 33.9 Å². The number of phenolic OH excluding ortho intramolecular Hbond substituents is 1. The molecular weight excluding hydrogens is 312 g/mol. The Morgan fingerprint density at radius 1 is 1.38 bits per heavy atom. The van der Waals surface area contributed by atoms with Gasteiger partial charge in [0.1, 0.15) is 0 Å². The van der Waals surface area contributed by atoms with E-state index in [1.165, 1.54) is 12.1 Å². The molecule has 3 aliphatic rings. The van der Waals surface area contributed by atoms with Gasteiger partial charge in [0.05, 0.1) is 11.0 Å². The van der Waals surface area contributed by atoms with Crippen molar-refractivity contribution < 1.29 is 19.6 Å². The zero-order valence-corrected chi connectivity index (χ0v) is 13.2. The lowest BCUT2D eigenvalue weighted by Gasteiger charge is -2.56. The number of carbonyl (C=O) groups excluding carboxylic acids is 1. The number of benzene rings is 1. The van der Waals surface area contributed by atoms with Gasteiger partial charge in [-0.05, 0) is 31.4 Å². The van der Waals surface area contributed by atoms with E-state index in [0.29, 0.717) is 5.92 Å². The van der Waals surface area contributed by atoms with Crippen molar-refractivity contribution in [2.75, 3.05) is 6.61 Å². The minimum Gasteiger partial charge on any atom is -0.502 e. The predicted molar refractivity (Wildman–Crippen MR) is 84.8 cm³/mol. The van der Waals surface area contributed by atoms with Gasteiger partial charge < -0.3 is 15.2 Å². The van der Waals surface area contributed by atoms with E-state index in [2.05, 4.69) is 5.32 Å². The monoisotopic (exact) mass is 332 g/mol. The Bertz CT molecular complexity index is 698. The van der Waals surface area contributed by atoms with E-state index in [1.807, 2.05) is 0 Å². The molecule has 1 aromatic carbocycles. The Hall–Kier alpha value is -2.15. The van der Waals surface area contributed by atoms with Crippen molar-refractivity contribution in [3.8, 4) is 5.75 Å². The van der Waals surface area contributed by atoms with E-state index >= 15 is 0 Å². The fourth-order valence-corrected chi connectivity index (χ4v) is 4.94. The second-order valence-electron chi connectivity index (χ2n) is 7.10. The summed E-state index contributed by atoms with van der Waals surface area (Å²) in [6.45, 7) is 0.744. The number of hydrogen-bond donors (Lipinski definition) is 2. The van der Waals surface area contributed by atoms with Crippen LogP contribution >= 0.6 is 0 Å². The highest BCUT2D eigenvalue weighted by atomic mass is 16.6. The molecule has 0 radical (unpaired) electrons. The molecule has 3 atom stereocenters. The molecule has 128 valence electrons. The second kappa shape index (κ2) is 5.44. The minimum atomic E-state index is -0.686. The number of fused-ring (bicyclic) bond motifs is 2. The van der Waals surface area contributed by atoms with Crippen molar-refractivity contribution >= 4 is 11.6 Å². The molecule has 2 N–H and O–H groups in total. The number of nitro groups is 1. The van der Waals surface area contributed by atoms with Crippen molar-refractivity contribution in [2.24, 2.45) is 11.3 Å². The zero-order chi connectivity index (χ0) is 16.9. The summed E-state index contributed by atoms with van der Waals surface area (Å²) in [5, 5.41) is 23.6. The highest BCUT2D eigenvalue weighted by Gasteiger charge is 2.65. The summed E-state index contributed by atoms with van der Waals surface area (Å²) in [5.41, 5.74) is -0.205. The molecule has 0 aromatic heterocycles. The third kappa shape index (κ3) is 2.11. The zero-order valence-electron chi connectivity index (χ0n) is 13.2. The summed E-state index contributed by atoms with van der Waals surface area (Å²) in [7, 11) is 0. The first-order valence-electron chi connectivity index (χ1n) is 8.43. The maximum atomic E-state index is 12.6. The van der Waals surface area contributed by atoms with Crippen LogP contribution in [0, 0.1) is 21.4 Å². The number of nitrogens with one attached hydrogen (secondary N) is 1. The first kappa shape index (κ1) is 15.4. The standard InChI is InChI=1S/C17H20N2O5/c20-13-4-3-10(9-12(13)19(22)23)16(21)18-14-11-5-8-24-15(11)17(14)6-1-2-7-17/h3-4,9,11,14-15,20H,1-2,5-8H2,(H,18,21)/t11-,14-,15+/m1/s1. The van der Waals surface area contributed by atoms with Crippen molar-refractivity contribution in [1.82, 2.24) is 5.32 Å². The normalized spacial score (nSPS) is 29.9.